The molecule has 4 aromatic rings. The zero-order valence-corrected chi connectivity index (χ0v) is 25.1. The Morgan fingerprint density at radius 3 is 2.38 bits per heavy atom. The molecule has 0 unspecified atom stereocenters. The van der Waals surface area contributed by atoms with E-state index in [2.05, 4.69) is 70.9 Å². The molecule has 1 aromatic heterocycles. The van der Waals surface area contributed by atoms with Gasteiger partial charge in [-0.05, 0) is 64.9 Å². The molecule has 3 aromatic carbocycles. The van der Waals surface area contributed by atoms with Crippen molar-refractivity contribution in [2.75, 3.05) is 37.9 Å². The summed E-state index contributed by atoms with van der Waals surface area (Å²) in [4.78, 5) is 15.5. The summed E-state index contributed by atoms with van der Waals surface area (Å²) in [6.45, 7) is 10.4. The Morgan fingerprint density at radius 2 is 1.67 bits per heavy atom. The van der Waals surface area contributed by atoms with Crippen molar-refractivity contribution in [1.29, 1.82) is 0 Å². The third-order valence-corrected chi connectivity index (χ3v) is 7.67. The van der Waals surface area contributed by atoms with Crippen LogP contribution < -0.4 is 20.1 Å². The Kier molecular flexibility index (Phi) is 8.77. The lowest BCUT2D eigenvalue weighted by molar-refractivity contribution is 0.102. The number of nitrogens with zero attached hydrogens (tertiary/aromatic N) is 4. The van der Waals surface area contributed by atoms with Crippen LogP contribution in [0.4, 0.5) is 11.4 Å². The molecule has 1 aliphatic heterocycles. The number of ether oxygens (including phenoxy) is 2. The molecule has 0 saturated carbocycles. The van der Waals surface area contributed by atoms with Crippen LogP contribution in [0.15, 0.2) is 66.9 Å². The highest BCUT2D eigenvalue weighted by molar-refractivity contribution is 6.08. The first-order chi connectivity index (χ1) is 20.2. The van der Waals surface area contributed by atoms with E-state index in [-0.39, 0.29) is 11.3 Å². The lowest BCUT2D eigenvalue weighted by Crippen LogP contribution is -2.33. The number of rotatable bonds is 10. The summed E-state index contributed by atoms with van der Waals surface area (Å²) >= 11 is 0. The van der Waals surface area contributed by atoms with Gasteiger partial charge >= 0.3 is 0 Å². The van der Waals surface area contributed by atoms with Gasteiger partial charge in [-0.3, -0.25) is 14.4 Å². The van der Waals surface area contributed by atoms with Crippen molar-refractivity contribution in [1.82, 2.24) is 19.9 Å². The predicted molar refractivity (Wildman–Crippen MR) is 165 cm³/mol. The number of amides is 1. The molecule has 2 heterocycles. The van der Waals surface area contributed by atoms with Crippen molar-refractivity contribution in [2.24, 2.45) is 0 Å². The fraction of sp³-hybridized carbons (Fsp3) is 0.364. The predicted octanol–water partition coefficient (Wildman–Crippen LogP) is 5.52. The fourth-order valence-electron chi connectivity index (χ4n) is 5.18. The molecular weight excluding hydrogens is 528 g/mol. The molecule has 0 saturated heterocycles. The van der Waals surface area contributed by atoms with Gasteiger partial charge in [-0.2, -0.15) is 0 Å². The first-order valence-electron chi connectivity index (χ1n) is 14.3. The molecule has 220 valence electrons. The molecule has 0 aliphatic carbocycles. The Hall–Kier alpha value is -4.37. The Bertz CT molecular complexity index is 1520. The summed E-state index contributed by atoms with van der Waals surface area (Å²) < 4.78 is 12.8. The third kappa shape index (κ3) is 6.91. The maximum atomic E-state index is 13.1. The Labute approximate surface area is 247 Å². The molecule has 2 N–H and O–H groups in total. The van der Waals surface area contributed by atoms with E-state index < -0.39 is 0 Å². The Morgan fingerprint density at radius 1 is 0.952 bits per heavy atom. The van der Waals surface area contributed by atoms with Gasteiger partial charge in [-0.25, -0.2) is 0 Å². The third-order valence-electron chi connectivity index (χ3n) is 7.67. The lowest BCUT2D eigenvalue weighted by atomic mass is 9.87. The van der Waals surface area contributed by atoms with Gasteiger partial charge < -0.3 is 20.1 Å². The fourth-order valence-corrected chi connectivity index (χ4v) is 5.18. The molecule has 0 spiro atoms. The molecule has 1 aliphatic rings. The van der Waals surface area contributed by atoms with Gasteiger partial charge in [-0.1, -0.05) is 50.3 Å². The van der Waals surface area contributed by atoms with Gasteiger partial charge in [0.05, 0.1) is 39.1 Å². The molecule has 5 rings (SSSR count). The Balaban J connectivity index is 1.15. The average Bonchev–Trinajstić information content (AvgIpc) is 3.46. The molecule has 0 fully saturated rings. The average molecular weight is 569 g/mol. The number of hydrogen-bond donors (Lipinski definition) is 2. The summed E-state index contributed by atoms with van der Waals surface area (Å²) in [6.07, 6.45) is 2.93. The van der Waals surface area contributed by atoms with Crippen LogP contribution in [0.3, 0.4) is 0 Å². The second-order valence-corrected chi connectivity index (χ2v) is 11.7. The molecule has 42 heavy (non-hydrogen) atoms. The van der Waals surface area contributed by atoms with E-state index in [1.165, 1.54) is 16.7 Å². The summed E-state index contributed by atoms with van der Waals surface area (Å²) in [7, 11) is 3.34. The van der Waals surface area contributed by atoms with E-state index in [0.717, 1.165) is 61.2 Å². The number of carbonyl (C=O) groups excluding carboxylic acids is 1. The zero-order valence-electron chi connectivity index (χ0n) is 25.1. The highest BCUT2D eigenvalue weighted by atomic mass is 16.5. The van der Waals surface area contributed by atoms with Crippen molar-refractivity contribution in [3.05, 3.63) is 94.8 Å². The summed E-state index contributed by atoms with van der Waals surface area (Å²) in [5.74, 6) is 1.38. The number of benzene rings is 3. The standard InChI is InChI=1S/C33H40N6O3/c1-33(2,3)25-10-12-26(13-11-25)35-32(40)28-8-6-7-9-29(28)34-20-27-22-39(37-36-27)17-16-38-15-14-23-18-30(41-4)31(42-5)19-24(23)21-38/h6-13,18-19,22,34H,14-17,20-21H2,1-5H3,(H,35,40). The van der Waals surface area contributed by atoms with Crippen LogP contribution in [0.25, 0.3) is 0 Å². The minimum absolute atomic E-state index is 0.0599. The highest BCUT2D eigenvalue weighted by Crippen LogP contribution is 2.33. The minimum Gasteiger partial charge on any atom is -0.493 e. The zero-order chi connectivity index (χ0) is 29.7. The molecule has 0 bridgehead atoms. The quantitative estimate of drug-likeness (QED) is 0.260. The van der Waals surface area contributed by atoms with E-state index in [1.807, 2.05) is 47.3 Å². The highest BCUT2D eigenvalue weighted by Gasteiger charge is 2.20. The molecule has 0 atom stereocenters. The van der Waals surface area contributed by atoms with E-state index in [1.54, 1.807) is 14.2 Å². The van der Waals surface area contributed by atoms with Crippen molar-refractivity contribution in [2.45, 2.75) is 52.2 Å². The van der Waals surface area contributed by atoms with Crippen LogP contribution in [0.2, 0.25) is 0 Å². The van der Waals surface area contributed by atoms with Gasteiger partial charge in [0.1, 0.15) is 5.69 Å². The van der Waals surface area contributed by atoms with Gasteiger partial charge in [0.25, 0.3) is 5.91 Å². The van der Waals surface area contributed by atoms with Crippen LogP contribution in [0.1, 0.15) is 53.5 Å². The number of anilines is 2. The van der Waals surface area contributed by atoms with Crippen LogP contribution in [-0.2, 0) is 31.5 Å². The maximum absolute atomic E-state index is 13.1. The SMILES string of the molecule is COc1cc2c(cc1OC)CN(CCn1cc(CNc3ccccc3C(=O)Nc3ccc(C(C)(C)C)cc3)nn1)CC2. The lowest BCUT2D eigenvalue weighted by Gasteiger charge is -2.29. The first kappa shape index (κ1) is 29.1. The number of nitrogens with one attached hydrogen (secondary N) is 2. The van der Waals surface area contributed by atoms with Crippen molar-refractivity contribution >= 4 is 17.3 Å². The second-order valence-electron chi connectivity index (χ2n) is 11.7. The summed E-state index contributed by atoms with van der Waals surface area (Å²) in [6, 6.07) is 19.7. The smallest absolute Gasteiger partial charge is 0.257 e. The van der Waals surface area contributed by atoms with Gasteiger partial charge in [-0.15, -0.1) is 5.10 Å². The van der Waals surface area contributed by atoms with Crippen LogP contribution in [0.5, 0.6) is 11.5 Å². The monoisotopic (exact) mass is 568 g/mol. The summed E-state index contributed by atoms with van der Waals surface area (Å²) in [5.41, 5.74) is 6.76. The minimum atomic E-state index is -0.163. The van der Waals surface area contributed by atoms with E-state index in [0.29, 0.717) is 12.1 Å². The number of aromatic nitrogens is 3. The number of para-hydroxylation sites is 1. The second kappa shape index (κ2) is 12.7. The number of methoxy groups -OCH3 is 2. The number of hydrogen-bond acceptors (Lipinski definition) is 7. The normalized spacial score (nSPS) is 13.4. The number of carbonyl (C=O) groups is 1. The first-order valence-corrected chi connectivity index (χ1v) is 14.3. The molecule has 9 heteroatoms. The topological polar surface area (TPSA) is 93.5 Å². The van der Waals surface area contributed by atoms with Gasteiger partial charge in [0.15, 0.2) is 11.5 Å². The van der Waals surface area contributed by atoms with Crippen molar-refractivity contribution < 1.29 is 14.3 Å². The summed E-state index contributed by atoms with van der Waals surface area (Å²) in [5, 5.41) is 15.1. The van der Waals surface area contributed by atoms with Gasteiger partial charge in [0, 0.05) is 31.0 Å². The maximum Gasteiger partial charge on any atom is 0.257 e. The van der Waals surface area contributed by atoms with Crippen LogP contribution in [0, 0.1) is 0 Å². The van der Waals surface area contributed by atoms with Crippen LogP contribution in [-0.4, -0.2) is 53.1 Å². The van der Waals surface area contributed by atoms with Crippen molar-refractivity contribution in [3.63, 3.8) is 0 Å². The van der Waals surface area contributed by atoms with Crippen LogP contribution >= 0.6 is 0 Å². The van der Waals surface area contributed by atoms with Crippen molar-refractivity contribution in [3.8, 4) is 11.5 Å². The number of fused-ring (bicyclic) bond motifs is 1. The molecule has 0 radical (unpaired) electrons. The molecule has 1 amide bonds. The largest absolute Gasteiger partial charge is 0.493 e. The van der Waals surface area contributed by atoms with E-state index in [4.69, 9.17) is 9.47 Å². The van der Waals surface area contributed by atoms with E-state index in [9.17, 15) is 4.79 Å². The van der Waals surface area contributed by atoms with E-state index >= 15 is 0 Å². The molecular formula is C33H40N6O3. The molecule has 9 nitrogen and oxygen atoms in total. The van der Waals surface area contributed by atoms with Gasteiger partial charge in [0.2, 0.25) is 0 Å².